The smallest absolute Gasteiger partial charge is 0.223 e. The van der Waals surface area contributed by atoms with Crippen molar-refractivity contribution in [2.24, 2.45) is 0 Å². The Hall–Kier alpha value is -2.71. The monoisotopic (exact) mass is 370 g/mol. The van der Waals surface area contributed by atoms with Crippen molar-refractivity contribution in [1.82, 2.24) is 15.3 Å². The highest BCUT2D eigenvalue weighted by atomic mass is 16.6. The molecule has 3 heterocycles. The third-order valence-electron chi connectivity index (χ3n) is 4.80. The summed E-state index contributed by atoms with van der Waals surface area (Å²) in [6.45, 7) is 2.41. The molecular weight excluding hydrogens is 348 g/mol. The van der Waals surface area contributed by atoms with E-state index in [2.05, 4.69) is 20.6 Å². The summed E-state index contributed by atoms with van der Waals surface area (Å²) in [6, 6.07) is 9.38. The van der Waals surface area contributed by atoms with E-state index in [0.29, 0.717) is 19.2 Å². The fraction of sp³-hybridized carbons (Fsp3) is 0.421. The SMILES string of the molecule is COc1ccc(-c2ccnc(N[C@H]3CO[C@H]4[C@H]3OC[C@H]4NC(C)=O)n2)cc1. The van der Waals surface area contributed by atoms with E-state index < -0.39 is 0 Å². The first-order chi connectivity index (χ1) is 13.1. The zero-order valence-corrected chi connectivity index (χ0v) is 15.2. The maximum atomic E-state index is 11.3. The molecule has 0 saturated carbocycles. The molecule has 4 atom stereocenters. The Morgan fingerprint density at radius 2 is 1.81 bits per heavy atom. The summed E-state index contributed by atoms with van der Waals surface area (Å²) in [7, 11) is 1.64. The first-order valence-corrected chi connectivity index (χ1v) is 8.88. The maximum absolute atomic E-state index is 11.3. The van der Waals surface area contributed by atoms with Gasteiger partial charge in [0.2, 0.25) is 11.9 Å². The highest BCUT2D eigenvalue weighted by Crippen LogP contribution is 2.29. The van der Waals surface area contributed by atoms with Gasteiger partial charge in [-0.25, -0.2) is 9.97 Å². The van der Waals surface area contributed by atoms with Gasteiger partial charge in [-0.2, -0.15) is 0 Å². The predicted octanol–water partition coefficient (Wildman–Crippen LogP) is 1.23. The van der Waals surface area contributed by atoms with E-state index in [9.17, 15) is 4.79 Å². The largest absolute Gasteiger partial charge is 0.497 e. The number of rotatable bonds is 5. The topological polar surface area (TPSA) is 94.6 Å². The van der Waals surface area contributed by atoms with Crippen LogP contribution in [0.25, 0.3) is 11.3 Å². The molecule has 142 valence electrons. The number of anilines is 1. The van der Waals surface area contributed by atoms with Crippen molar-refractivity contribution in [3.8, 4) is 17.0 Å². The number of hydrogen-bond acceptors (Lipinski definition) is 7. The zero-order chi connectivity index (χ0) is 18.8. The Balaban J connectivity index is 1.45. The number of carbonyl (C=O) groups excluding carboxylic acids is 1. The van der Waals surface area contributed by atoms with Gasteiger partial charge in [0, 0.05) is 18.7 Å². The van der Waals surface area contributed by atoms with Crippen LogP contribution in [0.3, 0.4) is 0 Å². The molecular formula is C19H22N4O4. The molecule has 0 unspecified atom stereocenters. The fourth-order valence-corrected chi connectivity index (χ4v) is 3.52. The lowest BCUT2D eigenvalue weighted by molar-refractivity contribution is -0.120. The number of methoxy groups -OCH3 is 1. The molecule has 0 spiro atoms. The van der Waals surface area contributed by atoms with Crippen molar-refractivity contribution in [2.45, 2.75) is 31.2 Å². The summed E-state index contributed by atoms with van der Waals surface area (Å²) in [5.41, 5.74) is 1.79. The fourth-order valence-electron chi connectivity index (χ4n) is 3.52. The molecule has 8 nitrogen and oxygen atoms in total. The summed E-state index contributed by atoms with van der Waals surface area (Å²) < 4.78 is 16.9. The number of hydrogen-bond donors (Lipinski definition) is 2. The van der Waals surface area contributed by atoms with E-state index in [4.69, 9.17) is 14.2 Å². The molecule has 2 fully saturated rings. The molecule has 0 aliphatic carbocycles. The van der Waals surface area contributed by atoms with Gasteiger partial charge < -0.3 is 24.8 Å². The first-order valence-electron chi connectivity index (χ1n) is 8.88. The van der Waals surface area contributed by atoms with Gasteiger partial charge >= 0.3 is 0 Å². The normalized spacial score (nSPS) is 26.4. The summed E-state index contributed by atoms with van der Waals surface area (Å²) in [6.07, 6.45) is 1.42. The van der Waals surface area contributed by atoms with Gasteiger partial charge in [-0.3, -0.25) is 4.79 Å². The van der Waals surface area contributed by atoms with E-state index >= 15 is 0 Å². The first kappa shape index (κ1) is 17.7. The molecule has 0 radical (unpaired) electrons. The Bertz CT molecular complexity index is 814. The van der Waals surface area contributed by atoms with E-state index in [-0.39, 0.29) is 30.2 Å². The van der Waals surface area contributed by atoms with Crippen molar-refractivity contribution in [3.05, 3.63) is 36.5 Å². The number of amides is 1. The van der Waals surface area contributed by atoms with Crippen molar-refractivity contribution in [1.29, 1.82) is 0 Å². The van der Waals surface area contributed by atoms with Crippen LogP contribution in [0.1, 0.15) is 6.92 Å². The van der Waals surface area contributed by atoms with Gasteiger partial charge in [0.25, 0.3) is 0 Å². The maximum Gasteiger partial charge on any atom is 0.223 e. The van der Waals surface area contributed by atoms with Gasteiger partial charge in [0.05, 0.1) is 38.1 Å². The number of nitrogens with zero attached hydrogens (tertiary/aromatic N) is 2. The van der Waals surface area contributed by atoms with Crippen molar-refractivity contribution < 1.29 is 19.0 Å². The molecule has 2 N–H and O–H groups in total. The van der Waals surface area contributed by atoms with E-state index in [1.165, 1.54) is 6.92 Å². The van der Waals surface area contributed by atoms with Crippen LogP contribution in [-0.4, -0.2) is 60.5 Å². The number of benzene rings is 1. The van der Waals surface area contributed by atoms with Gasteiger partial charge in [0.15, 0.2) is 0 Å². The lowest BCUT2D eigenvalue weighted by atomic mass is 10.1. The lowest BCUT2D eigenvalue weighted by Crippen LogP contribution is -2.44. The Morgan fingerprint density at radius 3 is 2.52 bits per heavy atom. The van der Waals surface area contributed by atoms with Crippen LogP contribution in [0.15, 0.2) is 36.5 Å². The number of ether oxygens (including phenoxy) is 3. The second kappa shape index (κ2) is 7.50. The Morgan fingerprint density at radius 1 is 1.11 bits per heavy atom. The highest BCUT2D eigenvalue weighted by Gasteiger charge is 2.48. The molecule has 1 aromatic heterocycles. The van der Waals surface area contributed by atoms with Crippen LogP contribution in [0.5, 0.6) is 5.75 Å². The Labute approximate surface area is 157 Å². The molecule has 0 bridgehead atoms. The molecule has 2 aliphatic heterocycles. The quantitative estimate of drug-likeness (QED) is 0.817. The van der Waals surface area contributed by atoms with Crippen LogP contribution < -0.4 is 15.4 Å². The minimum absolute atomic E-state index is 0.0696. The summed E-state index contributed by atoms with van der Waals surface area (Å²) in [4.78, 5) is 20.2. The molecule has 1 aromatic carbocycles. The van der Waals surface area contributed by atoms with Crippen molar-refractivity contribution >= 4 is 11.9 Å². The minimum atomic E-state index is -0.156. The van der Waals surface area contributed by atoms with Gasteiger partial charge in [0.1, 0.15) is 18.0 Å². The molecule has 4 rings (SSSR count). The number of carbonyl (C=O) groups is 1. The van der Waals surface area contributed by atoms with Crippen molar-refractivity contribution in [2.75, 3.05) is 25.6 Å². The van der Waals surface area contributed by atoms with E-state index in [0.717, 1.165) is 17.0 Å². The predicted molar refractivity (Wildman–Crippen MR) is 98.5 cm³/mol. The summed E-state index contributed by atoms with van der Waals surface area (Å²) >= 11 is 0. The average Bonchev–Trinajstić information content (AvgIpc) is 3.25. The summed E-state index contributed by atoms with van der Waals surface area (Å²) in [5.74, 6) is 1.23. The van der Waals surface area contributed by atoms with Crippen LogP contribution in [0.2, 0.25) is 0 Å². The number of fused-ring (bicyclic) bond motifs is 1. The number of aromatic nitrogens is 2. The van der Waals surface area contributed by atoms with Crippen molar-refractivity contribution in [3.63, 3.8) is 0 Å². The van der Waals surface area contributed by atoms with E-state index in [1.54, 1.807) is 13.3 Å². The molecule has 2 saturated heterocycles. The van der Waals surface area contributed by atoms with Gasteiger partial charge in [-0.15, -0.1) is 0 Å². The van der Waals surface area contributed by atoms with Gasteiger partial charge in [-0.1, -0.05) is 0 Å². The summed E-state index contributed by atoms with van der Waals surface area (Å²) in [5, 5.41) is 6.19. The molecule has 2 aliphatic rings. The molecule has 2 aromatic rings. The third kappa shape index (κ3) is 3.72. The van der Waals surface area contributed by atoms with Crippen LogP contribution >= 0.6 is 0 Å². The molecule has 1 amide bonds. The minimum Gasteiger partial charge on any atom is -0.497 e. The highest BCUT2D eigenvalue weighted by molar-refractivity contribution is 5.73. The van der Waals surface area contributed by atoms with E-state index in [1.807, 2.05) is 30.3 Å². The average molecular weight is 370 g/mol. The number of nitrogens with one attached hydrogen (secondary N) is 2. The van der Waals surface area contributed by atoms with Crippen LogP contribution in [0, 0.1) is 0 Å². The van der Waals surface area contributed by atoms with Crippen LogP contribution in [0.4, 0.5) is 5.95 Å². The standard InChI is InChI=1S/C19H22N4O4/c1-11(24)21-15-9-26-18-16(10-27-17(15)18)23-19-20-8-7-14(22-19)12-3-5-13(25-2)6-4-12/h3-8,15-18H,9-10H2,1-2H3,(H,21,24)(H,20,22,23)/t15-,16+,17-,18+/m1/s1. The Kier molecular flexibility index (Phi) is 4.91. The molecule has 8 heteroatoms. The lowest BCUT2D eigenvalue weighted by Gasteiger charge is -2.18. The van der Waals surface area contributed by atoms with Crippen LogP contribution in [-0.2, 0) is 14.3 Å². The second-order valence-corrected chi connectivity index (χ2v) is 6.65. The van der Waals surface area contributed by atoms with Gasteiger partial charge in [-0.05, 0) is 30.3 Å². The third-order valence-corrected chi connectivity index (χ3v) is 4.80. The molecule has 27 heavy (non-hydrogen) atoms. The second-order valence-electron chi connectivity index (χ2n) is 6.65. The zero-order valence-electron chi connectivity index (χ0n) is 15.2.